The molecule has 0 aliphatic carbocycles. The third-order valence-corrected chi connectivity index (χ3v) is 5.74. The standard InChI is InChI=1S/C28H25F3N2O6/c1-4-37-25(34)15-23-26(27(35)38-5-2)21-14-19(39-18-8-6-17(7-9-18)28(29,30)31)10-12-22(21)33(23)24-13-11-20(36-3)16-32-24/h6-14,16H,4-5,15H2,1-3H3. The van der Waals surface area contributed by atoms with Crippen molar-refractivity contribution in [1.29, 1.82) is 0 Å². The number of halogens is 3. The van der Waals surface area contributed by atoms with Crippen LogP contribution < -0.4 is 9.47 Å². The first-order chi connectivity index (χ1) is 18.7. The molecule has 0 fully saturated rings. The largest absolute Gasteiger partial charge is 0.495 e. The lowest BCUT2D eigenvalue weighted by molar-refractivity contribution is -0.142. The molecule has 2 aromatic heterocycles. The number of pyridine rings is 1. The fraction of sp³-hybridized carbons (Fsp3) is 0.250. The van der Waals surface area contributed by atoms with E-state index >= 15 is 0 Å². The molecule has 0 aliphatic rings. The second kappa shape index (κ2) is 11.5. The van der Waals surface area contributed by atoms with E-state index in [-0.39, 0.29) is 36.7 Å². The van der Waals surface area contributed by atoms with Crippen molar-refractivity contribution in [2.45, 2.75) is 26.4 Å². The van der Waals surface area contributed by atoms with E-state index < -0.39 is 23.7 Å². The number of hydrogen-bond donors (Lipinski definition) is 0. The number of ether oxygens (including phenoxy) is 4. The van der Waals surface area contributed by atoms with Crippen LogP contribution in [0.3, 0.4) is 0 Å². The number of hydrogen-bond acceptors (Lipinski definition) is 7. The van der Waals surface area contributed by atoms with Gasteiger partial charge in [-0.3, -0.25) is 9.36 Å². The maximum atomic E-state index is 13.2. The van der Waals surface area contributed by atoms with Crippen LogP contribution in [0.4, 0.5) is 13.2 Å². The molecule has 4 aromatic rings. The van der Waals surface area contributed by atoms with E-state index in [9.17, 15) is 22.8 Å². The molecule has 204 valence electrons. The van der Waals surface area contributed by atoms with Gasteiger partial charge in [0.25, 0.3) is 0 Å². The Morgan fingerprint density at radius 2 is 1.56 bits per heavy atom. The predicted octanol–water partition coefficient (Wildman–Crippen LogP) is 6.13. The lowest BCUT2D eigenvalue weighted by Crippen LogP contribution is -2.16. The number of alkyl halides is 3. The highest BCUT2D eigenvalue weighted by Crippen LogP contribution is 2.36. The first-order valence-corrected chi connectivity index (χ1v) is 12.0. The third-order valence-electron chi connectivity index (χ3n) is 5.74. The van der Waals surface area contributed by atoms with Gasteiger partial charge in [0.15, 0.2) is 0 Å². The van der Waals surface area contributed by atoms with E-state index in [4.69, 9.17) is 18.9 Å². The Morgan fingerprint density at radius 3 is 2.15 bits per heavy atom. The van der Waals surface area contributed by atoms with Crippen molar-refractivity contribution >= 4 is 22.8 Å². The summed E-state index contributed by atoms with van der Waals surface area (Å²) in [6.45, 7) is 3.58. The monoisotopic (exact) mass is 542 g/mol. The highest BCUT2D eigenvalue weighted by atomic mass is 19.4. The molecule has 0 radical (unpaired) electrons. The van der Waals surface area contributed by atoms with Crippen LogP contribution in [0.1, 0.15) is 35.5 Å². The Morgan fingerprint density at radius 1 is 0.897 bits per heavy atom. The zero-order valence-corrected chi connectivity index (χ0v) is 21.4. The van der Waals surface area contributed by atoms with Crippen molar-refractivity contribution in [2.24, 2.45) is 0 Å². The number of benzene rings is 2. The summed E-state index contributed by atoms with van der Waals surface area (Å²) in [6.07, 6.45) is -3.22. The van der Waals surface area contributed by atoms with Gasteiger partial charge in [0.1, 0.15) is 23.1 Å². The van der Waals surface area contributed by atoms with Crippen LogP contribution >= 0.6 is 0 Å². The summed E-state index contributed by atoms with van der Waals surface area (Å²) in [6, 6.07) is 12.4. The highest BCUT2D eigenvalue weighted by molar-refractivity contribution is 6.07. The first kappa shape index (κ1) is 27.5. The molecule has 0 spiro atoms. The number of carbonyl (C=O) groups excluding carboxylic acids is 2. The van der Waals surface area contributed by atoms with Crippen LogP contribution in [0.15, 0.2) is 60.8 Å². The van der Waals surface area contributed by atoms with Crippen molar-refractivity contribution in [3.8, 4) is 23.1 Å². The van der Waals surface area contributed by atoms with Crippen molar-refractivity contribution in [1.82, 2.24) is 9.55 Å². The average molecular weight is 543 g/mol. The van der Waals surface area contributed by atoms with Crippen molar-refractivity contribution in [3.63, 3.8) is 0 Å². The molecule has 11 heteroatoms. The van der Waals surface area contributed by atoms with Crippen LogP contribution in [0.25, 0.3) is 16.7 Å². The van der Waals surface area contributed by atoms with Crippen LogP contribution in [0, 0.1) is 0 Å². The van der Waals surface area contributed by atoms with E-state index in [0.29, 0.717) is 28.2 Å². The number of rotatable bonds is 9. The lowest BCUT2D eigenvalue weighted by Gasteiger charge is -2.12. The Labute approximate surface area is 221 Å². The Kier molecular flexibility index (Phi) is 8.08. The minimum Gasteiger partial charge on any atom is -0.495 e. The second-order valence-corrected chi connectivity index (χ2v) is 8.22. The first-order valence-electron chi connectivity index (χ1n) is 12.0. The van der Waals surface area contributed by atoms with Gasteiger partial charge in [0, 0.05) is 5.39 Å². The quantitative estimate of drug-likeness (QED) is 0.235. The number of aromatic nitrogens is 2. The molecule has 0 saturated carbocycles. The predicted molar refractivity (Wildman–Crippen MR) is 135 cm³/mol. The number of carbonyl (C=O) groups is 2. The average Bonchev–Trinajstić information content (AvgIpc) is 3.21. The number of methoxy groups -OCH3 is 1. The molecule has 0 atom stereocenters. The number of nitrogens with zero attached hydrogens (tertiary/aromatic N) is 2. The molecule has 2 heterocycles. The molecule has 0 aliphatic heterocycles. The topological polar surface area (TPSA) is 88.9 Å². The van der Waals surface area contributed by atoms with E-state index in [0.717, 1.165) is 12.1 Å². The van der Waals surface area contributed by atoms with Gasteiger partial charge in [-0.1, -0.05) is 0 Å². The molecular weight excluding hydrogens is 517 g/mol. The van der Waals surface area contributed by atoms with Gasteiger partial charge in [0.05, 0.1) is 55.3 Å². The van der Waals surface area contributed by atoms with Crippen molar-refractivity contribution < 1.29 is 41.7 Å². The zero-order valence-electron chi connectivity index (χ0n) is 21.4. The fourth-order valence-electron chi connectivity index (χ4n) is 4.07. The van der Waals surface area contributed by atoms with Gasteiger partial charge in [-0.05, 0) is 68.4 Å². The summed E-state index contributed by atoms with van der Waals surface area (Å²) < 4.78 is 61.9. The molecule has 0 saturated heterocycles. The molecule has 2 aromatic carbocycles. The van der Waals surface area contributed by atoms with Gasteiger partial charge in [-0.2, -0.15) is 13.2 Å². The summed E-state index contributed by atoms with van der Waals surface area (Å²) in [5.74, 6) is 0.132. The smallest absolute Gasteiger partial charge is 0.416 e. The SMILES string of the molecule is CCOC(=O)Cc1c(C(=O)OCC)c2cc(Oc3ccc(C(F)(F)F)cc3)ccc2n1-c1ccc(OC)cn1. The van der Waals surface area contributed by atoms with Crippen molar-refractivity contribution in [2.75, 3.05) is 20.3 Å². The number of esters is 2. The normalized spacial score (nSPS) is 11.3. The van der Waals surface area contributed by atoms with Gasteiger partial charge in [-0.25, -0.2) is 9.78 Å². The van der Waals surface area contributed by atoms with Gasteiger partial charge in [0.2, 0.25) is 0 Å². The molecule has 8 nitrogen and oxygen atoms in total. The number of fused-ring (bicyclic) bond motifs is 1. The minimum absolute atomic E-state index is 0.0902. The second-order valence-electron chi connectivity index (χ2n) is 8.22. The molecule has 0 amide bonds. The van der Waals surface area contributed by atoms with Gasteiger partial charge < -0.3 is 18.9 Å². The molecule has 4 rings (SSSR count). The Bertz CT molecular complexity index is 1480. The summed E-state index contributed by atoms with van der Waals surface area (Å²) in [5, 5.41) is 0.398. The van der Waals surface area contributed by atoms with E-state index in [1.54, 1.807) is 48.7 Å². The van der Waals surface area contributed by atoms with Crippen LogP contribution in [0.5, 0.6) is 17.2 Å². The van der Waals surface area contributed by atoms with Crippen LogP contribution in [-0.2, 0) is 26.9 Å². The lowest BCUT2D eigenvalue weighted by atomic mass is 10.1. The van der Waals surface area contributed by atoms with Crippen LogP contribution in [-0.4, -0.2) is 41.8 Å². The minimum atomic E-state index is -4.47. The highest BCUT2D eigenvalue weighted by Gasteiger charge is 2.30. The van der Waals surface area contributed by atoms with E-state index in [1.165, 1.54) is 25.4 Å². The molecule has 0 unspecified atom stereocenters. The van der Waals surface area contributed by atoms with E-state index in [1.807, 2.05) is 0 Å². The van der Waals surface area contributed by atoms with E-state index in [2.05, 4.69) is 4.98 Å². The molecular formula is C28H25F3N2O6. The summed E-state index contributed by atoms with van der Waals surface area (Å²) in [5.41, 5.74) is 0.138. The third kappa shape index (κ3) is 5.97. The maximum Gasteiger partial charge on any atom is 0.416 e. The zero-order chi connectivity index (χ0) is 28.2. The maximum absolute atomic E-state index is 13.2. The molecule has 39 heavy (non-hydrogen) atoms. The summed E-state index contributed by atoms with van der Waals surface area (Å²) in [4.78, 5) is 30.2. The van der Waals surface area contributed by atoms with Gasteiger partial charge in [-0.15, -0.1) is 0 Å². The Hall–Kier alpha value is -4.54. The summed E-state index contributed by atoms with van der Waals surface area (Å²) >= 11 is 0. The summed E-state index contributed by atoms with van der Waals surface area (Å²) in [7, 11) is 1.50. The van der Waals surface area contributed by atoms with Crippen molar-refractivity contribution in [3.05, 3.63) is 77.6 Å². The molecule has 0 N–H and O–H groups in total. The Balaban J connectivity index is 1.87. The molecule has 0 bridgehead atoms. The fourth-order valence-corrected chi connectivity index (χ4v) is 4.07. The van der Waals surface area contributed by atoms with Crippen LogP contribution in [0.2, 0.25) is 0 Å². The van der Waals surface area contributed by atoms with Gasteiger partial charge >= 0.3 is 18.1 Å².